The quantitative estimate of drug-likeness (QED) is 0.775. The molecule has 4 heteroatoms. The van der Waals surface area contributed by atoms with E-state index in [2.05, 4.69) is 19.2 Å². The van der Waals surface area contributed by atoms with Gasteiger partial charge in [-0.3, -0.25) is 0 Å². The number of nitrogens with one attached hydrogen (secondary N) is 1. The summed E-state index contributed by atoms with van der Waals surface area (Å²) >= 11 is 11.9. The number of benzene rings is 1. The van der Waals surface area contributed by atoms with Gasteiger partial charge in [0.25, 0.3) is 0 Å². The van der Waals surface area contributed by atoms with Gasteiger partial charge in [0, 0.05) is 6.04 Å². The number of nitrogen functional groups attached to an aromatic ring is 1. The standard InChI is InChI=1S/C13H18Cl2N2/c1-13(2)4-3-8(7-13)17-12-6-10(15)9(14)5-11(12)16/h5-6,8,17H,3-4,7,16H2,1-2H3. The highest BCUT2D eigenvalue weighted by molar-refractivity contribution is 6.42. The van der Waals surface area contributed by atoms with E-state index in [0.29, 0.717) is 27.2 Å². The van der Waals surface area contributed by atoms with Gasteiger partial charge in [-0.15, -0.1) is 0 Å². The van der Waals surface area contributed by atoms with Gasteiger partial charge in [0.2, 0.25) is 0 Å². The molecule has 1 saturated carbocycles. The Morgan fingerprint density at radius 3 is 2.53 bits per heavy atom. The van der Waals surface area contributed by atoms with Crippen LogP contribution in [0.4, 0.5) is 11.4 Å². The Kier molecular flexibility index (Phi) is 3.46. The van der Waals surface area contributed by atoms with Crippen LogP contribution < -0.4 is 11.1 Å². The molecule has 0 radical (unpaired) electrons. The molecular formula is C13H18Cl2N2. The molecule has 0 saturated heterocycles. The van der Waals surface area contributed by atoms with Gasteiger partial charge in [-0.05, 0) is 36.8 Å². The lowest BCUT2D eigenvalue weighted by atomic mass is 9.92. The summed E-state index contributed by atoms with van der Waals surface area (Å²) in [7, 11) is 0. The van der Waals surface area contributed by atoms with Crippen LogP contribution in [0.5, 0.6) is 0 Å². The molecule has 0 aromatic heterocycles. The van der Waals surface area contributed by atoms with Crippen LogP contribution in [0.15, 0.2) is 12.1 Å². The highest BCUT2D eigenvalue weighted by Crippen LogP contribution is 2.39. The second kappa shape index (κ2) is 4.58. The summed E-state index contributed by atoms with van der Waals surface area (Å²) in [4.78, 5) is 0. The van der Waals surface area contributed by atoms with Crippen molar-refractivity contribution in [1.82, 2.24) is 0 Å². The Morgan fingerprint density at radius 1 is 1.29 bits per heavy atom. The fourth-order valence-electron chi connectivity index (χ4n) is 2.47. The molecule has 94 valence electrons. The molecule has 1 unspecified atom stereocenters. The topological polar surface area (TPSA) is 38.0 Å². The van der Waals surface area contributed by atoms with Crippen LogP contribution in [0.1, 0.15) is 33.1 Å². The van der Waals surface area contributed by atoms with Crippen LogP contribution in [0.25, 0.3) is 0 Å². The largest absolute Gasteiger partial charge is 0.397 e. The third-order valence-electron chi connectivity index (χ3n) is 3.42. The Morgan fingerprint density at radius 2 is 1.94 bits per heavy atom. The molecule has 0 heterocycles. The third-order valence-corrected chi connectivity index (χ3v) is 4.14. The van der Waals surface area contributed by atoms with Gasteiger partial charge in [-0.25, -0.2) is 0 Å². The summed E-state index contributed by atoms with van der Waals surface area (Å²) in [5.74, 6) is 0. The summed E-state index contributed by atoms with van der Waals surface area (Å²) in [6, 6.07) is 3.99. The molecule has 1 aromatic rings. The Hall–Kier alpha value is -0.600. The Bertz CT molecular complexity index is 430. The van der Waals surface area contributed by atoms with Gasteiger partial charge in [0.05, 0.1) is 21.4 Å². The molecular weight excluding hydrogens is 255 g/mol. The van der Waals surface area contributed by atoms with Crippen LogP contribution in [-0.2, 0) is 0 Å². The predicted molar refractivity (Wildman–Crippen MR) is 75.9 cm³/mol. The first-order valence-corrected chi connectivity index (χ1v) is 6.64. The minimum absolute atomic E-state index is 0.419. The minimum atomic E-state index is 0.419. The zero-order chi connectivity index (χ0) is 12.6. The van der Waals surface area contributed by atoms with E-state index >= 15 is 0 Å². The number of halogens is 2. The number of hydrogen-bond donors (Lipinski definition) is 2. The van der Waals surface area contributed by atoms with Crippen molar-refractivity contribution in [3.05, 3.63) is 22.2 Å². The van der Waals surface area contributed by atoms with Crippen LogP contribution >= 0.6 is 23.2 Å². The van der Waals surface area contributed by atoms with Gasteiger partial charge in [-0.1, -0.05) is 37.0 Å². The van der Waals surface area contributed by atoms with Crippen molar-refractivity contribution in [3.8, 4) is 0 Å². The van der Waals surface area contributed by atoms with Crippen LogP contribution in [-0.4, -0.2) is 6.04 Å². The van der Waals surface area contributed by atoms with Gasteiger partial charge in [-0.2, -0.15) is 0 Å². The van der Waals surface area contributed by atoms with Crippen LogP contribution in [0.2, 0.25) is 10.0 Å². The van der Waals surface area contributed by atoms with Crippen molar-refractivity contribution in [1.29, 1.82) is 0 Å². The number of nitrogens with two attached hydrogens (primary N) is 1. The van der Waals surface area contributed by atoms with E-state index in [-0.39, 0.29) is 0 Å². The molecule has 2 rings (SSSR count). The maximum Gasteiger partial charge on any atom is 0.0614 e. The van der Waals surface area contributed by atoms with E-state index in [1.54, 1.807) is 6.07 Å². The predicted octanol–water partition coefficient (Wildman–Crippen LogP) is 4.57. The van der Waals surface area contributed by atoms with Crippen molar-refractivity contribution in [2.75, 3.05) is 11.1 Å². The first kappa shape index (κ1) is 12.8. The molecule has 3 N–H and O–H groups in total. The average Bonchev–Trinajstić information content (AvgIpc) is 2.54. The Balaban J connectivity index is 2.12. The minimum Gasteiger partial charge on any atom is -0.397 e. The highest BCUT2D eigenvalue weighted by atomic mass is 35.5. The van der Waals surface area contributed by atoms with Crippen molar-refractivity contribution in [2.24, 2.45) is 5.41 Å². The van der Waals surface area contributed by atoms with Gasteiger partial charge in [0.1, 0.15) is 0 Å². The van der Waals surface area contributed by atoms with Gasteiger partial charge >= 0.3 is 0 Å². The maximum absolute atomic E-state index is 6.00. The summed E-state index contributed by atoms with van der Waals surface area (Å²) < 4.78 is 0. The lowest BCUT2D eigenvalue weighted by Gasteiger charge is -2.19. The highest BCUT2D eigenvalue weighted by Gasteiger charge is 2.30. The second-order valence-electron chi connectivity index (χ2n) is 5.60. The molecule has 1 fully saturated rings. The van der Waals surface area contributed by atoms with E-state index < -0.39 is 0 Å². The van der Waals surface area contributed by atoms with Crippen molar-refractivity contribution in [3.63, 3.8) is 0 Å². The van der Waals surface area contributed by atoms with E-state index in [1.807, 2.05) is 6.07 Å². The molecule has 0 amide bonds. The molecule has 1 aliphatic carbocycles. The molecule has 1 aromatic carbocycles. The van der Waals surface area contributed by atoms with Crippen molar-refractivity contribution in [2.45, 2.75) is 39.2 Å². The first-order valence-electron chi connectivity index (χ1n) is 5.88. The summed E-state index contributed by atoms with van der Waals surface area (Å²) in [6.07, 6.45) is 3.57. The van der Waals surface area contributed by atoms with E-state index in [9.17, 15) is 0 Å². The molecule has 1 aliphatic rings. The van der Waals surface area contributed by atoms with E-state index in [1.165, 1.54) is 12.8 Å². The SMILES string of the molecule is CC1(C)CCC(Nc2cc(Cl)c(Cl)cc2N)C1. The van der Waals surface area contributed by atoms with Crippen molar-refractivity contribution < 1.29 is 0 Å². The molecule has 0 aliphatic heterocycles. The zero-order valence-electron chi connectivity index (χ0n) is 10.2. The van der Waals surface area contributed by atoms with E-state index in [0.717, 1.165) is 12.1 Å². The van der Waals surface area contributed by atoms with Crippen molar-refractivity contribution >= 4 is 34.6 Å². The van der Waals surface area contributed by atoms with E-state index in [4.69, 9.17) is 28.9 Å². The fraction of sp³-hybridized carbons (Fsp3) is 0.538. The Labute approximate surface area is 112 Å². The maximum atomic E-state index is 6.00. The van der Waals surface area contributed by atoms with Crippen LogP contribution in [0, 0.1) is 5.41 Å². The number of anilines is 2. The first-order chi connectivity index (χ1) is 7.87. The second-order valence-corrected chi connectivity index (χ2v) is 6.42. The average molecular weight is 273 g/mol. The fourth-order valence-corrected chi connectivity index (χ4v) is 2.80. The smallest absolute Gasteiger partial charge is 0.0614 e. The normalized spacial score (nSPS) is 22.7. The summed E-state index contributed by atoms with van der Waals surface area (Å²) in [6.45, 7) is 4.60. The lowest BCUT2D eigenvalue weighted by molar-refractivity contribution is 0.378. The summed E-state index contributed by atoms with van der Waals surface area (Å²) in [5, 5.41) is 4.51. The molecule has 17 heavy (non-hydrogen) atoms. The summed E-state index contributed by atoms with van der Waals surface area (Å²) in [5.41, 5.74) is 7.90. The molecule has 2 nitrogen and oxygen atoms in total. The lowest BCUT2D eigenvalue weighted by Crippen LogP contribution is -2.18. The molecule has 1 atom stereocenters. The monoisotopic (exact) mass is 272 g/mol. The van der Waals surface area contributed by atoms with Gasteiger partial charge < -0.3 is 11.1 Å². The molecule has 0 bridgehead atoms. The molecule has 0 spiro atoms. The van der Waals surface area contributed by atoms with Gasteiger partial charge in [0.15, 0.2) is 0 Å². The third kappa shape index (κ3) is 2.99. The zero-order valence-corrected chi connectivity index (χ0v) is 11.7. The number of hydrogen-bond acceptors (Lipinski definition) is 2. The number of rotatable bonds is 2. The van der Waals surface area contributed by atoms with Crippen LogP contribution in [0.3, 0.4) is 0 Å².